The van der Waals surface area contributed by atoms with E-state index in [-0.39, 0.29) is 11.8 Å². The molecule has 4 nitrogen and oxygen atoms in total. The molecule has 23 heavy (non-hydrogen) atoms. The maximum Gasteiger partial charge on any atom is 0.253 e. The lowest BCUT2D eigenvalue weighted by Gasteiger charge is -2.20. The van der Waals surface area contributed by atoms with E-state index in [0.29, 0.717) is 30.0 Å². The molecule has 2 aromatic carbocycles. The number of fused-ring (bicyclic) bond motifs is 1. The number of anilines is 1. The number of aryl methyl sites for hydroxylation is 1. The van der Waals surface area contributed by atoms with E-state index in [1.165, 1.54) is 0 Å². The third kappa shape index (κ3) is 3.54. The largest absolute Gasteiger partial charge is 0.337 e. The van der Waals surface area contributed by atoms with Crippen LogP contribution in [0.3, 0.4) is 0 Å². The molecule has 0 radical (unpaired) electrons. The third-order valence-electron chi connectivity index (χ3n) is 3.93. The number of hydrogen-bond acceptors (Lipinski definition) is 2. The minimum atomic E-state index is -0.0420. The highest BCUT2D eigenvalue weighted by Gasteiger charge is 2.18. The zero-order valence-electron chi connectivity index (χ0n) is 12.8. The summed E-state index contributed by atoms with van der Waals surface area (Å²) in [6.45, 7) is 0.518. The van der Waals surface area contributed by atoms with Gasteiger partial charge in [0.2, 0.25) is 5.91 Å². The Hall–Kier alpha value is -2.33. The Morgan fingerprint density at radius 1 is 1.17 bits per heavy atom. The van der Waals surface area contributed by atoms with Crippen molar-refractivity contribution < 1.29 is 9.59 Å². The number of benzene rings is 2. The molecule has 118 valence electrons. The summed E-state index contributed by atoms with van der Waals surface area (Å²) in [5, 5.41) is 3.50. The Balaban J connectivity index is 1.74. The van der Waals surface area contributed by atoms with Crippen LogP contribution in [-0.2, 0) is 17.8 Å². The molecule has 0 bridgehead atoms. The summed E-state index contributed by atoms with van der Waals surface area (Å²) >= 11 is 5.87. The van der Waals surface area contributed by atoms with Crippen molar-refractivity contribution in [3.8, 4) is 0 Å². The van der Waals surface area contributed by atoms with Gasteiger partial charge in [-0.1, -0.05) is 23.7 Å². The summed E-state index contributed by atoms with van der Waals surface area (Å²) < 4.78 is 0. The topological polar surface area (TPSA) is 49.4 Å². The Morgan fingerprint density at radius 3 is 2.65 bits per heavy atom. The van der Waals surface area contributed by atoms with Crippen LogP contribution in [0, 0.1) is 0 Å². The first-order valence-electron chi connectivity index (χ1n) is 7.45. The zero-order valence-corrected chi connectivity index (χ0v) is 13.6. The van der Waals surface area contributed by atoms with Crippen LogP contribution in [0.15, 0.2) is 42.5 Å². The molecule has 0 unspecified atom stereocenters. The van der Waals surface area contributed by atoms with Crippen molar-refractivity contribution in [1.29, 1.82) is 0 Å². The van der Waals surface area contributed by atoms with Gasteiger partial charge in [0.05, 0.1) is 0 Å². The monoisotopic (exact) mass is 328 g/mol. The summed E-state index contributed by atoms with van der Waals surface area (Å²) in [6.07, 6.45) is 1.13. The second-order valence-electron chi connectivity index (χ2n) is 5.71. The van der Waals surface area contributed by atoms with Gasteiger partial charge in [-0.2, -0.15) is 0 Å². The molecule has 2 aromatic rings. The summed E-state index contributed by atoms with van der Waals surface area (Å²) in [7, 11) is 1.78. The minimum absolute atomic E-state index is 0.0245. The number of carbonyl (C=O) groups excluding carboxylic acids is 2. The smallest absolute Gasteiger partial charge is 0.253 e. The molecule has 1 heterocycles. The molecule has 0 saturated carbocycles. The first kappa shape index (κ1) is 15.6. The lowest BCUT2D eigenvalue weighted by molar-refractivity contribution is -0.116. The van der Waals surface area contributed by atoms with E-state index < -0.39 is 0 Å². The first-order valence-corrected chi connectivity index (χ1v) is 7.83. The van der Waals surface area contributed by atoms with Crippen molar-refractivity contribution in [3.05, 3.63) is 64.2 Å². The summed E-state index contributed by atoms with van der Waals surface area (Å²) in [5.74, 6) is -0.0175. The number of amides is 2. The number of hydrogen-bond donors (Lipinski definition) is 1. The van der Waals surface area contributed by atoms with Crippen LogP contribution in [0.2, 0.25) is 5.02 Å². The molecule has 5 heteroatoms. The maximum absolute atomic E-state index is 12.6. The van der Waals surface area contributed by atoms with Crippen molar-refractivity contribution in [3.63, 3.8) is 0 Å². The predicted molar refractivity (Wildman–Crippen MR) is 90.6 cm³/mol. The van der Waals surface area contributed by atoms with E-state index in [1.54, 1.807) is 24.1 Å². The summed E-state index contributed by atoms with van der Waals surface area (Å²) in [4.78, 5) is 25.6. The van der Waals surface area contributed by atoms with Crippen molar-refractivity contribution in [2.24, 2.45) is 0 Å². The van der Waals surface area contributed by atoms with Gasteiger partial charge in [0.1, 0.15) is 0 Å². The Morgan fingerprint density at radius 2 is 1.91 bits per heavy atom. The van der Waals surface area contributed by atoms with Crippen LogP contribution < -0.4 is 5.32 Å². The van der Waals surface area contributed by atoms with E-state index in [1.807, 2.05) is 30.3 Å². The molecule has 0 saturated heterocycles. The highest BCUT2D eigenvalue weighted by molar-refractivity contribution is 6.30. The Bertz CT molecular complexity index is 756. The molecule has 3 rings (SSSR count). The number of nitrogens with zero attached hydrogens (tertiary/aromatic N) is 1. The second kappa shape index (κ2) is 6.42. The number of rotatable bonds is 3. The van der Waals surface area contributed by atoms with Crippen LogP contribution in [0.25, 0.3) is 0 Å². The second-order valence-corrected chi connectivity index (χ2v) is 6.14. The quantitative estimate of drug-likeness (QED) is 0.937. The lowest BCUT2D eigenvalue weighted by Crippen LogP contribution is -2.27. The third-order valence-corrected chi connectivity index (χ3v) is 4.18. The number of carbonyl (C=O) groups is 2. The van der Waals surface area contributed by atoms with Crippen molar-refractivity contribution in [2.75, 3.05) is 12.4 Å². The van der Waals surface area contributed by atoms with E-state index in [0.717, 1.165) is 16.8 Å². The summed E-state index contributed by atoms with van der Waals surface area (Å²) in [6, 6.07) is 12.9. The molecule has 2 amide bonds. The minimum Gasteiger partial charge on any atom is -0.337 e. The fourth-order valence-electron chi connectivity index (χ4n) is 2.67. The Kier molecular flexibility index (Phi) is 4.35. The molecule has 0 aliphatic carbocycles. The zero-order chi connectivity index (χ0) is 16.4. The van der Waals surface area contributed by atoms with Gasteiger partial charge in [0, 0.05) is 36.3 Å². The highest BCUT2D eigenvalue weighted by atomic mass is 35.5. The first-order chi connectivity index (χ1) is 11.0. The fourth-order valence-corrected chi connectivity index (χ4v) is 2.80. The van der Waals surface area contributed by atoms with Crippen LogP contribution in [-0.4, -0.2) is 23.8 Å². The van der Waals surface area contributed by atoms with Gasteiger partial charge < -0.3 is 10.2 Å². The van der Waals surface area contributed by atoms with Gasteiger partial charge in [0.25, 0.3) is 5.91 Å². The highest BCUT2D eigenvalue weighted by Crippen LogP contribution is 2.24. The predicted octanol–water partition coefficient (Wildman–Crippen LogP) is 3.50. The van der Waals surface area contributed by atoms with Crippen molar-refractivity contribution >= 4 is 29.1 Å². The van der Waals surface area contributed by atoms with Crippen LogP contribution in [0.5, 0.6) is 0 Å². The molecule has 0 atom stereocenters. The number of halogens is 1. The molecule has 0 aromatic heterocycles. The molecular formula is C18H17ClN2O2. The lowest BCUT2D eigenvalue weighted by atomic mass is 10.00. The van der Waals surface area contributed by atoms with Crippen molar-refractivity contribution in [1.82, 2.24) is 4.90 Å². The van der Waals surface area contributed by atoms with E-state index in [9.17, 15) is 9.59 Å². The normalized spacial score (nSPS) is 13.2. The van der Waals surface area contributed by atoms with E-state index >= 15 is 0 Å². The number of nitrogens with one attached hydrogen (secondary N) is 1. The van der Waals surface area contributed by atoms with Gasteiger partial charge >= 0.3 is 0 Å². The maximum atomic E-state index is 12.6. The SMILES string of the molecule is CN(Cc1ccc(Cl)cc1)C(=O)c1ccc2c(c1)CCC(=O)N2. The molecule has 1 N–H and O–H groups in total. The standard InChI is InChI=1S/C18H17ClN2O2/c1-21(11-12-2-6-15(19)7-3-12)18(23)14-4-8-16-13(10-14)5-9-17(22)20-16/h2-4,6-8,10H,5,9,11H2,1H3,(H,20,22). The average molecular weight is 329 g/mol. The average Bonchev–Trinajstić information content (AvgIpc) is 2.55. The van der Waals surface area contributed by atoms with Gasteiger partial charge in [-0.05, 0) is 47.9 Å². The van der Waals surface area contributed by atoms with Crippen molar-refractivity contribution in [2.45, 2.75) is 19.4 Å². The van der Waals surface area contributed by atoms with Gasteiger partial charge in [-0.15, -0.1) is 0 Å². The van der Waals surface area contributed by atoms with Gasteiger partial charge in [-0.25, -0.2) is 0 Å². The van der Waals surface area contributed by atoms with Gasteiger partial charge in [-0.3, -0.25) is 9.59 Å². The van der Waals surface area contributed by atoms with Crippen LogP contribution in [0.4, 0.5) is 5.69 Å². The summed E-state index contributed by atoms with van der Waals surface area (Å²) in [5.41, 5.74) is 3.47. The molecule has 0 spiro atoms. The molecule has 1 aliphatic rings. The fraction of sp³-hybridized carbons (Fsp3) is 0.222. The van der Waals surface area contributed by atoms with Crippen LogP contribution in [0.1, 0.15) is 27.9 Å². The van der Waals surface area contributed by atoms with E-state index in [4.69, 9.17) is 11.6 Å². The molecule has 1 aliphatic heterocycles. The van der Waals surface area contributed by atoms with Crippen LogP contribution >= 0.6 is 11.6 Å². The van der Waals surface area contributed by atoms with E-state index in [2.05, 4.69) is 5.32 Å². The van der Waals surface area contributed by atoms with Gasteiger partial charge in [0.15, 0.2) is 0 Å². The molecular weight excluding hydrogens is 312 g/mol. The molecule has 0 fully saturated rings. The Labute approximate surface area is 140 Å².